The molecule has 0 radical (unpaired) electrons. The molecule has 0 aliphatic carbocycles. The van der Waals surface area contributed by atoms with Crippen molar-refractivity contribution in [2.45, 2.75) is 0 Å². The summed E-state index contributed by atoms with van der Waals surface area (Å²) in [5, 5.41) is 21.7. The molecular formula is C18H13N3O. The van der Waals surface area contributed by atoms with E-state index in [0.29, 0.717) is 11.4 Å². The molecule has 0 amide bonds. The van der Waals surface area contributed by atoms with Gasteiger partial charge in [-0.15, -0.1) is 0 Å². The van der Waals surface area contributed by atoms with Gasteiger partial charge in [-0.3, -0.25) is 0 Å². The van der Waals surface area contributed by atoms with Crippen molar-refractivity contribution < 1.29 is 5.11 Å². The zero-order valence-corrected chi connectivity index (χ0v) is 11.7. The minimum atomic E-state index is 0.193. The molecule has 0 aliphatic rings. The molecule has 0 spiro atoms. The van der Waals surface area contributed by atoms with Crippen molar-refractivity contribution in [3.05, 3.63) is 72.4 Å². The molecule has 4 nitrogen and oxygen atoms in total. The molecule has 106 valence electrons. The Morgan fingerprint density at radius 2 is 1.68 bits per heavy atom. The van der Waals surface area contributed by atoms with Gasteiger partial charge in [0.2, 0.25) is 0 Å². The third-order valence-corrected chi connectivity index (χ3v) is 3.25. The smallest absolute Gasteiger partial charge is 0.148 e. The quantitative estimate of drug-likeness (QED) is 0.712. The lowest BCUT2D eigenvalue weighted by Gasteiger charge is -2.09. The maximum absolute atomic E-state index is 9.34. The average molecular weight is 287 g/mol. The Balaban J connectivity index is 1.93. The number of phenols is 1. The fourth-order valence-corrected chi connectivity index (χ4v) is 2.12. The third-order valence-electron chi connectivity index (χ3n) is 3.25. The lowest BCUT2D eigenvalue weighted by molar-refractivity contribution is 0.475. The molecular weight excluding hydrogens is 274 g/mol. The molecule has 22 heavy (non-hydrogen) atoms. The predicted octanol–water partition coefficient (Wildman–Crippen LogP) is 4.07. The summed E-state index contributed by atoms with van der Waals surface area (Å²) in [6, 6.07) is 20.4. The molecule has 3 aromatic rings. The van der Waals surface area contributed by atoms with E-state index in [-0.39, 0.29) is 5.75 Å². The highest BCUT2D eigenvalue weighted by Gasteiger charge is 2.07. The van der Waals surface area contributed by atoms with E-state index in [1.54, 1.807) is 30.5 Å². The number of nitriles is 1. The van der Waals surface area contributed by atoms with Crippen molar-refractivity contribution in [1.29, 1.82) is 5.26 Å². The van der Waals surface area contributed by atoms with Crippen molar-refractivity contribution in [3.8, 4) is 22.9 Å². The SMILES string of the molecule is N#Cc1cc(-c2ccccc2)cnc1Nc1ccc(O)cc1. The fourth-order valence-electron chi connectivity index (χ4n) is 2.12. The van der Waals surface area contributed by atoms with Crippen LogP contribution in [-0.4, -0.2) is 10.1 Å². The highest BCUT2D eigenvalue weighted by molar-refractivity contribution is 5.70. The van der Waals surface area contributed by atoms with Gasteiger partial charge in [-0.25, -0.2) is 4.98 Å². The van der Waals surface area contributed by atoms with Crippen molar-refractivity contribution in [3.63, 3.8) is 0 Å². The number of anilines is 2. The normalized spacial score (nSPS) is 9.95. The van der Waals surface area contributed by atoms with Gasteiger partial charge in [0.25, 0.3) is 0 Å². The number of rotatable bonds is 3. The first-order chi connectivity index (χ1) is 10.8. The van der Waals surface area contributed by atoms with Crippen LogP contribution in [0.3, 0.4) is 0 Å². The van der Waals surface area contributed by atoms with Gasteiger partial charge < -0.3 is 10.4 Å². The summed E-state index contributed by atoms with van der Waals surface area (Å²) in [4.78, 5) is 4.35. The Morgan fingerprint density at radius 1 is 0.955 bits per heavy atom. The highest BCUT2D eigenvalue weighted by atomic mass is 16.3. The number of aromatic nitrogens is 1. The van der Waals surface area contributed by atoms with Crippen LogP contribution in [0.5, 0.6) is 5.75 Å². The summed E-state index contributed by atoms with van der Waals surface area (Å²) in [5.74, 6) is 0.686. The first-order valence-electron chi connectivity index (χ1n) is 6.78. The second-order valence-electron chi connectivity index (χ2n) is 4.77. The number of nitrogens with zero attached hydrogens (tertiary/aromatic N) is 2. The molecule has 0 fully saturated rings. The summed E-state index contributed by atoms with van der Waals surface area (Å²) < 4.78 is 0. The second-order valence-corrected chi connectivity index (χ2v) is 4.77. The summed E-state index contributed by atoms with van der Waals surface area (Å²) in [7, 11) is 0. The first kappa shape index (κ1) is 13.7. The molecule has 1 aromatic heterocycles. The van der Waals surface area contributed by atoms with E-state index in [4.69, 9.17) is 0 Å². The molecule has 0 saturated carbocycles. The van der Waals surface area contributed by atoms with E-state index in [2.05, 4.69) is 16.4 Å². The number of hydrogen-bond acceptors (Lipinski definition) is 4. The van der Waals surface area contributed by atoms with E-state index in [0.717, 1.165) is 16.8 Å². The van der Waals surface area contributed by atoms with Gasteiger partial charge in [0, 0.05) is 17.4 Å². The van der Waals surface area contributed by atoms with E-state index < -0.39 is 0 Å². The number of aromatic hydroxyl groups is 1. The Bertz CT molecular complexity index is 821. The maximum Gasteiger partial charge on any atom is 0.148 e. The number of pyridine rings is 1. The van der Waals surface area contributed by atoms with Crippen LogP contribution in [-0.2, 0) is 0 Å². The average Bonchev–Trinajstić information content (AvgIpc) is 2.58. The van der Waals surface area contributed by atoms with Crippen LogP contribution < -0.4 is 5.32 Å². The van der Waals surface area contributed by atoms with Crippen LogP contribution in [0.4, 0.5) is 11.5 Å². The second kappa shape index (κ2) is 5.98. The summed E-state index contributed by atoms with van der Waals surface area (Å²) in [6.07, 6.45) is 1.74. The minimum Gasteiger partial charge on any atom is -0.508 e. The van der Waals surface area contributed by atoms with Crippen LogP contribution in [0.25, 0.3) is 11.1 Å². The summed E-state index contributed by atoms with van der Waals surface area (Å²) in [5.41, 5.74) is 3.14. The van der Waals surface area contributed by atoms with E-state index in [1.165, 1.54) is 0 Å². The number of hydrogen-bond donors (Lipinski definition) is 2. The van der Waals surface area contributed by atoms with Crippen LogP contribution in [0.15, 0.2) is 66.9 Å². The Hall–Kier alpha value is -3.32. The highest BCUT2D eigenvalue weighted by Crippen LogP contribution is 2.25. The number of phenolic OH excluding ortho intramolecular Hbond substituents is 1. The Morgan fingerprint density at radius 3 is 2.36 bits per heavy atom. The van der Waals surface area contributed by atoms with Gasteiger partial charge in [0.05, 0.1) is 5.56 Å². The van der Waals surface area contributed by atoms with Crippen molar-refractivity contribution >= 4 is 11.5 Å². The van der Waals surface area contributed by atoms with Gasteiger partial charge in [-0.05, 0) is 35.9 Å². The van der Waals surface area contributed by atoms with Gasteiger partial charge in [0.1, 0.15) is 17.6 Å². The molecule has 0 bridgehead atoms. The lowest BCUT2D eigenvalue weighted by atomic mass is 10.1. The Kier molecular flexibility index (Phi) is 3.71. The van der Waals surface area contributed by atoms with Gasteiger partial charge in [-0.1, -0.05) is 30.3 Å². The van der Waals surface area contributed by atoms with Crippen molar-refractivity contribution in [2.75, 3.05) is 5.32 Å². The monoisotopic (exact) mass is 287 g/mol. The van der Waals surface area contributed by atoms with Crippen molar-refractivity contribution in [1.82, 2.24) is 4.98 Å². The Labute approximate surface area is 128 Å². The van der Waals surface area contributed by atoms with Gasteiger partial charge >= 0.3 is 0 Å². The van der Waals surface area contributed by atoms with Crippen LogP contribution in [0.1, 0.15) is 5.56 Å². The molecule has 3 rings (SSSR count). The molecule has 0 unspecified atom stereocenters. The van der Waals surface area contributed by atoms with Crippen LogP contribution >= 0.6 is 0 Å². The number of nitrogens with one attached hydrogen (secondary N) is 1. The van der Waals surface area contributed by atoms with Gasteiger partial charge in [-0.2, -0.15) is 5.26 Å². The first-order valence-corrected chi connectivity index (χ1v) is 6.78. The lowest BCUT2D eigenvalue weighted by Crippen LogP contribution is -1.97. The summed E-state index contributed by atoms with van der Waals surface area (Å²) in [6.45, 7) is 0. The van der Waals surface area contributed by atoms with E-state index in [1.807, 2.05) is 36.4 Å². The van der Waals surface area contributed by atoms with E-state index in [9.17, 15) is 10.4 Å². The minimum absolute atomic E-state index is 0.193. The molecule has 2 N–H and O–H groups in total. The summed E-state index contributed by atoms with van der Waals surface area (Å²) >= 11 is 0. The van der Waals surface area contributed by atoms with Gasteiger partial charge in [0.15, 0.2) is 0 Å². The zero-order valence-electron chi connectivity index (χ0n) is 11.7. The molecule has 0 saturated heterocycles. The largest absolute Gasteiger partial charge is 0.508 e. The molecule has 4 heteroatoms. The molecule has 2 aromatic carbocycles. The van der Waals surface area contributed by atoms with Crippen molar-refractivity contribution in [2.24, 2.45) is 0 Å². The van der Waals surface area contributed by atoms with Crippen LogP contribution in [0.2, 0.25) is 0 Å². The zero-order chi connectivity index (χ0) is 15.4. The molecule has 1 heterocycles. The van der Waals surface area contributed by atoms with E-state index >= 15 is 0 Å². The molecule has 0 atom stereocenters. The van der Waals surface area contributed by atoms with Crippen LogP contribution in [0, 0.1) is 11.3 Å². The fraction of sp³-hybridized carbons (Fsp3) is 0. The third kappa shape index (κ3) is 2.89. The predicted molar refractivity (Wildman–Crippen MR) is 85.8 cm³/mol. The molecule has 0 aliphatic heterocycles. The number of benzene rings is 2. The standard InChI is InChI=1S/C18H13N3O/c19-11-14-10-15(13-4-2-1-3-5-13)12-20-18(14)21-16-6-8-17(22)9-7-16/h1-10,12,22H,(H,20,21). The topological polar surface area (TPSA) is 68.9 Å². The maximum atomic E-state index is 9.34.